The maximum Gasteiger partial charge on any atom is 0.0754 e. The maximum atomic E-state index is 8.51. The Kier molecular flexibility index (Phi) is 25.1. The van der Waals surface area contributed by atoms with Gasteiger partial charge in [-0.25, -0.2) is 0 Å². The highest BCUT2D eigenvalue weighted by Gasteiger charge is 2.01. The van der Waals surface area contributed by atoms with Crippen molar-refractivity contribution in [3.8, 4) is 0 Å². The second-order valence-corrected chi connectivity index (χ2v) is 5.08. The molecule has 0 aliphatic rings. The average molecular weight is 341 g/mol. The van der Waals surface area contributed by atoms with Crippen LogP contribution in [0.5, 0.6) is 0 Å². The minimum absolute atomic E-state index is 0.0752. The average Bonchev–Trinajstić information content (AvgIpc) is 2.61. The number of aliphatic hydroxyl groups excluding tert-OH is 2. The molecule has 0 heterocycles. The van der Waals surface area contributed by atoms with E-state index in [-0.39, 0.29) is 19.3 Å². The molecule has 0 radical (unpaired) electrons. The zero-order valence-electron chi connectivity index (χ0n) is 15.1. The number of ether oxygens (including phenoxy) is 2. The molecule has 0 fully saturated rings. The Bertz CT molecular complexity index is 300. The van der Waals surface area contributed by atoms with Crippen molar-refractivity contribution in [2.75, 3.05) is 33.0 Å². The fraction of sp³-hybridized carbons (Fsp3) is 0.600. The quantitative estimate of drug-likeness (QED) is 0.331. The normalized spacial score (nSPS) is 11.6. The Morgan fingerprint density at radius 1 is 0.833 bits per heavy atom. The predicted molar refractivity (Wildman–Crippen MR) is 102 cm³/mol. The Hall–Kier alpha value is -1.20. The first-order chi connectivity index (χ1) is 11.8. The van der Waals surface area contributed by atoms with E-state index in [0.29, 0.717) is 19.8 Å². The molecule has 0 amide bonds. The first kappa shape index (κ1) is 25.0. The zero-order chi connectivity index (χ0) is 18.3. The predicted octanol–water partition coefficient (Wildman–Crippen LogP) is 3.81. The zero-order valence-corrected chi connectivity index (χ0v) is 15.1. The Morgan fingerprint density at radius 2 is 1.50 bits per heavy atom. The van der Waals surface area contributed by atoms with E-state index in [0.717, 1.165) is 38.5 Å². The van der Waals surface area contributed by atoms with Crippen LogP contribution in [0.25, 0.3) is 0 Å². The SMILES string of the molecule is C=CCCC/C=C/COCCO.C=CCCCC(C=C)OCCO. The molecule has 0 aromatic carbocycles. The van der Waals surface area contributed by atoms with Crippen molar-refractivity contribution in [3.63, 3.8) is 0 Å². The lowest BCUT2D eigenvalue weighted by Crippen LogP contribution is -2.12. The van der Waals surface area contributed by atoms with Crippen molar-refractivity contribution in [1.82, 2.24) is 0 Å². The summed E-state index contributed by atoms with van der Waals surface area (Å²) >= 11 is 0. The largest absolute Gasteiger partial charge is 0.394 e. The van der Waals surface area contributed by atoms with Crippen molar-refractivity contribution in [2.45, 2.75) is 44.6 Å². The molecular weight excluding hydrogens is 304 g/mol. The van der Waals surface area contributed by atoms with Crippen LogP contribution in [0.4, 0.5) is 0 Å². The van der Waals surface area contributed by atoms with E-state index >= 15 is 0 Å². The molecule has 2 N–H and O–H groups in total. The highest BCUT2D eigenvalue weighted by atomic mass is 16.5. The van der Waals surface area contributed by atoms with E-state index in [9.17, 15) is 0 Å². The van der Waals surface area contributed by atoms with Crippen molar-refractivity contribution < 1.29 is 19.7 Å². The van der Waals surface area contributed by atoms with Gasteiger partial charge in [0.1, 0.15) is 0 Å². The molecule has 140 valence electrons. The summed E-state index contributed by atoms with van der Waals surface area (Å²) in [5, 5.41) is 16.9. The maximum absolute atomic E-state index is 8.51. The van der Waals surface area contributed by atoms with E-state index in [1.165, 1.54) is 0 Å². The fourth-order valence-corrected chi connectivity index (χ4v) is 1.72. The van der Waals surface area contributed by atoms with Gasteiger partial charge in [-0.1, -0.05) is 30.4 Å². The highest BCUT2D eigenvalue weighted by molar-refractivity contribution is 4.82. The molecule has 4 nitrogen and oxygen atoms in total. The molecule has 1 unspecified atom stereocenters. The molecule has 0 aliphatic carbocycles. The van der Waals surface area contributed by atoms with Crippen LogP contribution in [0, 0.1) is 0 Å². The molecule has 0 aliphatic heterocycles. The molecule has 4 heteroatoms. The minimum Gasteiger partial charge on any atom is -0.394 e. The molecule has 0 saturated heterocycles. The molecule has 0 aromatic heterocycles. The molecule has 24 heavy (non-hydrogen) atoms. The first-order valence-electron chi connectivity index (χ1n) is 8.67. The molecule has 0 bridgehead atoms. The van der Waals surface area contributed by atoms with Crippen LogP contribution in [0.1, 0.15) is 38.5 Å². The fourth-order valence-electron chi connectivity index (χ4n) is 1.72. The smallest absolute Gasteiger partial charge is 0.0754 e. The summed E-state index contributed by atoms with van der Waals surface area (Å²) in [6.07, 6.45) is 16.1. The number of unbranched alkanes of at least 4 members (excludes halogenated alkanes) is 3. The van der Waals surface area contributed by atoms with Gasteiger partial charge in [-0.15, -0.1) is 19.7 Å². The van der Waals surface area contributed by atoms with Gasteiger partial charge in [-0.05, 0) is 38.5 Å². The second-order valence-electron chi connectivity index (χ2n) is 5.08. The number of hydrogen-bond donors (Lipinski definition) is 2. The van der Waals surface area contributed by atoms with E-state index in [1.807, 2.05) is 18.2 Å². The van der Waals surface area contributed by atoms with Crippen LogP contribution in [-0.4, -0.2) is 49.4 Å². The van der Waals surface area contributed by atoms with Crippen molar-refractivity contribution in [1.29, 1.82) is 0 Å². The lowest BCUT2D eigenvalue weighted by atomic mass is 10.1. The minimum atomic E-state index is 0.0752. The van der Waals surface area contributed by atoms with E-state index in [2.05, 4.69) is 25.8 Å². The summed E-state index contributed by atoms with van der Waals surface area (Å²) in [4.78, 5) is 0. The van der Waals surface area contributed by atoms with Gasteiger partial charge in [-0.3, -0.25) is 0 Å². The topological polar surface area (TPSA) is 58.9 Å². The van der Waals surface area contributed by atoms with Crippen molar-refractivity contribution in [2.24, 2.45) is 0 Å². The van der Waals surface area contributed by atoms with Gasteiger partial charge >= 0.3 is 0 Å². The second kappa shape index (κ2) is 24.1. The highest BCUT2D eigenvalue weighted by Crippen LogP contribution is 2.05. The summed E-state index contributed by atoms with van der Waals surface area (Å²) in [5.74, 6) is 0. The summed E-state index contributed by atoms with van der Waals surface area (Å²) in [6.45, 7) is 12.5. The van der Waals surface area contributed by atoms with Gasteiger partial charge in [-0.2, -0.15) is 0 Å². The van der Waals surface area contributed by atoms with Gasteiger partial charge in [0.15, 0.2) is 0 Å². The van der Waals surface area contributed by atoms with E-state index in [4.69, 9.17) is 19.7 Å². The van der Waals surface area contributed by atoms with Gasteiger partial charge in [0.2, 0.25) is 0 Å². The van der Waals surface area contributed by atoms with Gasteiger partial charge in [0.05, 0.1) is 39.1 Å². The van der Waals surface area contributed by atoms with Gasteiger partial charge in [0.25, 0.3) is 0 Å². The summed E-state index contributed by atoms with van der Waals surface area (Å²) in [5.41, 5.74) is 0. The van der Waals surface area contributed by atoms with Crippen LogP contribution < -0.4 is 0 Å². The van der Waals surface area contributed by atoms with Crippen LogP contribution in [-0.2, 0) is 9.47 Å². The number of rotatable bonds is 16. The Labute approximate surface area is 148 Å². The third-order valence-corrected chi connectivity index (χ3v) is 2.98. The lowest BCUT2D eigenvalue weighted by Gasteiger charge is -2.11. The standard InChI is InChI=1S/2C10H18O2/c1-3-5-6-7-10(4-2)12-9-8-11;1-2-3-4-5-6-7-9-12-10-8-11/h3-4,10-11H,1-2,5-9H2;2,6-7,11H,1,3-5,8-10H2/b;7-6+. The molecule has 0 spiro atoms. The Morgan fingerprint density at radius 3 is 2.08 bits per heavy atom. The van der Waals surface area contributed by atoms with Gasteiger partial charge < -0.3 is 19.7 Å². The monoisotopic (exact) mass is 340 g/mol. The molecule has 0 saturated carbocycles. The lowest BCUT2D eigenvalue weighted by molar-refractivity contribution is 0.0496. The summed E-state index contributed by atoms with van der Waals surface area (Å²) in [7, 11) is 0. The number of aliphatic hydroxyl groups is 2. The van der Waals surface area contributed by atoms with E-state index in [1.54, 1.807) is 6.08 Å². The summed E-state index contributed by atoms with van der Waals surface area (Å²) < 4.78 is 10.3. The van der Waals surface area contributed by atoms with Crippen LogP contribution >= 0.6 is 0 Å². The van der Waals surface area contributed by atoms with Crippen LogP contribution in [0.2, 0.25) is 0 Å². The summed E-state index contributed by atoms with van der Waals surface area (Å²) in [6, 6.07) is 0. The third-order valence-electron chi connectivity index (χ3n) is 2.98. The molecule has 1 atom stereocenters. The van der Waals surface area contributed by atoms with Gasteiger partial charge in [0, 0.05) is 0 Å². The molecule has 0 rings (SSSR count). The first-order valence-corrected chi connectivity index (χ1v) is 8.67. The number of hydrogen-bond acceptors (Lipinski definition) is 4. The van der Waals surface area contributed by atoms with E-state index < -0.39 is 0 Å². The van der Waals surface area contributed by atoms with Crippen LogP contribution in [0.15, 0.2) is 50.1 Å². The molecule has 0 aromatic rings. The number of allylic oxidation sites excluding steroid dienone is 3. The Balaban J connectivity index is 0. The van der Waals surface area contributed by atoms with Crippen molar-refractivity contribution in [3.05, 3.63) is 50.1 Å². The molecular formula is C20H36O4. The third kappa shape index (κ3) is 23.1. The van der Waals surface area contributed by atoms with Crippen LogP contribution in [0.3, 0.4) is 0 Å². The van der Waals surface area contributed by atoms with Crippen molar-refractivity contribution >= 4 is 0 Å².